The number of aromatic nitrogens is 5. The molecule has 0 saturated heterocycles. The average molecular weight is 336 g/mol. The molecule has 0 aliphatic heterocycles. The predicted molar refractivity (Wildman–Crippen MR) is 97.6 cm³/mol. The van der Waals surface area contributed by atoms with Crippen LogP contribution < -0.4 is 5.32 Å². The minimum absolute atomic E-state index is 0.0405. The summed E-state index contributed by atoms with van der Waals surface area (Å²) >= 11 is 0. The fourth-order valence-corrected chi connectivity index (χ4v) is 3.05. The van der Waals surface area contributed by atoms with Crippen LogP contribution in [0.1, 0.15) is 18.5 Å². The molecule has 0 fully saturated rings. The molecule has 0 aliphatic rings. The summed E-state index contributed by atoms with van der Waals surface area (Å²) in [6.45, 7) is 2.71. The molecule has 1 atom stereocenters. The molecular weight excluding hydrogens is 316 g/mol. The van der Waals surface area contributed by atoms with Crippen molar-refractivity contribution < 1.29 is 5.11 Å². The van der Waals surface area contributed by atoms with Crippen LogP contribution in [0.15, 0.2) is 43.1 Å². The Labute approximate surface area is 144 Å². The summed E-state index contributed by atoms with van der Waals surface area (Å²) in [7, 11) is 0. The number of aliphatic hydroxyl groups excluding tert-OH is 1. The third-order valence-corrected chi connectivity index (χ3v) is 4.46. The van der Waals surface area contributed by atoms with Crippen molar-refractivity contribution >= 4 is 27.9 Å². The predicted octanol–water partition coefficient (Wildman–Crippen LogP) is 2.52. The van der Waals surface area contributed by atoms with Crippen molar-refractivity contribution in [3.8, 4) is 0 Å². The van der Waals surface area contributed by atoms with Gasteiger partial charge in [0.1, 0.15) is 11.8 Å². The number of aromatic amines is 1. The zero-order valence-electron chi connectivity index (χ0n) is 14.0. The van der Waals surface area contributed by atoms with Gasteiger partial charge >= 0.3 is 0 Å². The summed E-state index contributed by atoms with van der Waals surface area (Å²) in [4.78, 5) is 16.3. The Morgan fingerprint density at radius 1 is 1.24 bits per heavy atom. The van der Waals surface area contributed by atoms with Gasteiger partial charge in [-0.1, -0.05) is 18.2 Å². The third-order valence-electron chi connectivity index (χ3n) is 4.46. The summed E-state index contributed by atoms with van der Waals surface area (Å²) in [6, 6.07) is 8.22. The number of hydrogen-bond donors (Lipinski definition) is 3. The normalized spacial score (nSPS) is 12.7. The van der Waals surface area contributed by atoms with Crippen LogP contribution >= 0.6 is 0 Å². The van der Waals surface area contributed by atoms with Crippen molar-refractivity contribution in [2.75, 3.05) is 18.5 Å². The average Bonchev–Trinajstić information content (AvgIpc) is 3.26. The molecule has 3 N–H and O–H groups in total. The molecule has 128 valence electrons. The quantitative estimate of drug-likeness (QED) is 0.503. The Kier molecular flexibility index (Phi) is 4.07. The van der Waals surface area contributed by atoms with Gasteiger partial charge in [0.25, 0.3) is 0 Å². The van der Waals surface area contributed by atoms with Crippen molar-refractivity contribution in [2.45, 2.75) is 19.4 Å². The van der Waals surface area contributed by atoms with Gasteiger partial charge in [0.15, 0.2) is 11.5 Å². The number of rotatable bonds is 6. The Morgan fingerprint density at radius 3 is 3.00 bits per heavy atom. The molecule has 4 rings (SSSR count). The Bertz CT molecular complexity index is 1010. The molecule has 0 aliphatic carbocycles. The molecule has 4 aromatic rings. The van der Waals surface area contributed by atoms with E-state index in [2.05, 4.69) is 49.6 Å². The van der Waals surface area contributed by atoms with Crippen LogP contribution in [-0.2, 0) is 6.42 Å². The van der Waals surface area contributed by atoms with Gasteiger partial charge in [-0.2, -0.15) is 0 Å². The highest BCUT2D eigenvalue weighted by molar-refractivity contribution is 5.84. The molecular formula is C18H20N6O. The van der Waals surface area contributed by atoms with E-state index < -0.39 is 0 Å². The van der Waals surface area contributed by atoms with Crippen molar-refractivity contribution in [1.29, 1.82) is 0 Å². The molecule has 0 spiro atoms. The maximum absolute atomic E-state index is 9.36. The minimum atomic E-state index is -0.0704. The number of imidazole rings is 1. The maximum atomic E-state index is 9.36. The highest BCUT2D eigenvalue weighted by Crippen LogP contribution is 2.21. The van der Waals surface area contributed by atoms with Gasteiger partial charge in [-0.3, -0.25) is 0 Å². The lowest BCUT2D eigenvalue weighted by Gasteiger charge is -2.10. The molecule has 7 heteroatoms. The lowest BCUT2D eigenvalue weighted by atomic mass is 10.1. The van der Waals surface area contributed by atoms with Gasteiger partial charge in [-0.25, -0.2) is 15.0 Å². The lowest BCUT2D eigenvalue weighted by Crippen LogP contribution is -2.10. The van der Waals surface area contributed by atoms with Gasteiger partial charge in [0.05, 0.1) is 19.0 Å². The first-order valence-corrected chi connectivity index (χ1v) is 8.35. The molecule has 3 heterocycles. The number of H-pyrrole nitrogens is 1. The molecule has 0 radical (unpaired) electrons. The highest BCUT2D eigenvalue weighted by atomic mass is 16.3. The first-order valence-electron chi connectivity index (χ1n) is 8.35. The standard InChI is InChI=1S/C18H20N6O/c1-12(9-25)24-11-23-16-17(21-10-22-18(16)24)19-7-6-13-8-20-15-5-3-2-4-14(13)15/h2-5,8,10-12,20,25H,6-7,9H2,1H3,(H,19,21,22)/t12-/m0/s1. The van der Waals surface area contributed by atoms with E-state index in [9.17, 15) is 5.11 Å². The summed E-state index contributed by atoms with van der Waals surface area (Å²) in [6.07, 6.45) is 6.16. The fourth-order valence-electron chi connectivity index (χ4n) is 3.05. The molecule has 25 heavy (non-hydrogen) atoms. The number of fused-ring (bicyclic) bond motifs is 2. The third kappa shape index (κ3) is 2.83. The van der Waals surface area contributed by atoms with Crippen LogP contribution in [0.2, 0.25) is 0 Å². The molecule has 7 nitrogen and oxygen atoms in total. The number of benzene rings is 1. The molecule has 0 unspecified atom stereocenters. The number of para-hydroxylation sites is 1. The van der Waals surface area contributed by atoms with Crippen molar-refractivity contribution in [2.24, 2.45) is 0 Å². The van der Waals surface area contributed by atoms with Gasteiger partial charge < -0.3 is 20.0 Å². The Hall–Kier alpha value is -2.93. The van der Waals surface area contributed by atoms with Gasteiger partial charge in [-0.05, 0) is 25.0 Å². The summed E-state index contributed by atoms with van der Waals surface area (Å²) in [5.74, 6) is 0.716. The zero-order valence-corrected chi connectivity index (χ0v) is 14.0. The number of hydrogen-bond acceptors (Lipinski definition) is 5. The molecule has 0 saturated carbocycles. The molecule has 0 amide bonds. The van der Waals surface area contributed by atoms with Crippen LogP contribution in [0.4, 0.5) is 5.82 Å². The van der Waals surface area contributed by atoms with Crippen LogP contribution in [0, 0.1) is 0 Å². The first-order chi connectivity index (χ1) is 12.3. The molecule has 0 bridgehead atoms. The smallest absolute Gasteiger partial charge is 0.165 e. The number of aliphatic hydroxyl groups is 1. The topological polar surface area (TPSA) is 91.7 Å². The van der Waals surface area contributed by atoms with E-state index in [0.29, 0.717) is 5.82 Å². The van der Waals surface area contributed by atoms with Crippen molar-refractivity contribution in [1.82, 2.24) is 24.5 Å². The van der Waals surface area contributed by atoms with E-state index in [-0.39, 0.29) is 12.6 Å². The van der Waals surface area contributed by atoms with Gasteiger partial charge in [-0.15, -0.1) is 0 Å². The number of anilines is 1. The van der Waals surface area contributed by atoms with Gasteiger partial charge in [0, 0.05) is 23.6 Å². The summed E-state index contributed by atoms with van der Waals surface area (Å²) in [5, 5.41) is 14.0. The van der Waals surface area contributed by atoms with Crippen molar-refractivity contribution in [3.63, 3.8) is 0 Å². The maximum Gasteiger partial charge on any atom is 0.165 e. The fraction of sp³-hybridized carbons (Fsp3) is 0.278. The molecule has 3 aromatic heterocycles. The second-order valence-electron chi connectivity index (χ2n) is 6.11. The minimum Gasteiger partial charge on any atom is -0.394 e. The second-order valence-corrected chi connectivity index (χ2v) is 6.11. The van der Waals surface area contributed by atoms with E-state index in [1.54, 1.807) is 6.33 Å². The number of nitrogens with zero attached hydrogens (tertiary/aromatic N) is 4. The van der Waals surface area contributed by atoms with Crippen LogP contribution in [0.5, 0.6) is 0 Å². The van der Waals surface area contributed by atoms with E-state index in [0.717, 1.165) is 29.6 Å². The Balaban J connectivity index is 1.52. The first kappa shape index (κ1) is 15.6. The summed E-state index contributed by atoms with van der Waals surface area (Å²) in [5.41, 5.74) is 3.87. The second kappa shape index (κ2) is 6.52. The SMILES string of the molecule is C[C@@H](CO)n1cnc2c(NCCc3c[nH]c4ccccc34)ncnc21. The van der Waals surface area contributed by atoms with Crippen LogP contribution in [-0.4, -0.2) is 42.8 Å². The van der Waals surface area contributed by atoms with E-state index >= 15 is 0 Å². The van der Waals surface area contributed by atoms with E-state index in [1.165, 1.54) is 17.3 Å². The monoisotopic (exact) mass is 336 g/mol. The molecule has 1 aromatic carbocycles. The number of nitrogens with one attached hydrogen (secondary N) is 2. The van der Waals surface area contributed by atoms with E-state index in [1.807, 2.05) is 17.6 Å². The van der Waals surface area contributed by atoms with Crippen LogP contribution in [0.25, 0.3) is 22.1 Å². The van der Waals surface area contributed by atoms with Crippen molar-refractivity contribution in [3.05, 3.63) is 48.7 Å². The largest absolute Gasteiger partial charge is 0.394 e. The van der Waals surface area contributed by atoms with E-state index in [4.69, 9.17) is 0 Å². The van der Waals surface area contributed by atoms with Gasteiger partial charge in [0.2, 0.25) is 0 Å². The summed E-state index contributed by atoms with van der Waals surface area (Å²) < 4.78 is 1.86. The zero-order chi connectivity index (χ0) is 17.2. The highest BCUT2D eigenvalue weighted by Gasteiger charge is 2.13. The lowest BCUT2D eigenvalue weighted by molar-refractivity contribution is 0.241. The Morgan fingerprint density at radius 2 is 2.12 bits per heavy atom. The van der Waals surface area contributed by atoms with Crippen LogP contribution in [0.3, 0.4) is 0 Å².